The number of hydrazine groups is 1. The van der Waals surface area contributed by atoms with Gasteiger partial charge in [0, 0.05) is 6.07 Å². The Hall–Kier alpha value is -1.44. The van der Waals surface area contributed by atoms with Gasteiger partial charge in [0.15, 0.2) is 5.00 Å². The van der Waals surface area contributed by atoms with Crippen LogP contribution >= 0.6 is 11.3 Å². The zero-order valence-corrected chi connectivity index (χ0v) is 10.5. The van der Waals surface area contributed by atoms with Gasteiger partial charge in [0.2, 0.25) is 0 Å². The summed E-state index contributed by atoms with van der Waals surface area (Å²) in [6, 6.07) is 0.624. The van der Waals surface area contributed by atoms with Crippen LogP contribution in [0.15, 0.2) is 10.3 Å². The number of alkyl halides is 3. The monoisotopic (exact) mass is 320 g/mol. The molecule has 0 spiro atoms. The van der Waals surface area contributed by atoms with Crippen molar-refractivity contribution in [3.63, 3.8) is 0 Å². The van der Waals surface area contributed by atoms with Crippen molar-refractivity contribution in [2.45, 2.75) is 10.4 Å². The number of nitrogens with zero attached hydrogens (tertiary/aromatic N) is 1. The molecule has 1 aromatic rings. The Labute approximate surface area is 108 Å². The van der Waals surface area contributed by atoms with Gasteiger partial charge in [-0.1, -0.05) is 11.3 Å². The van der Waals surface area contributed by atoms with Gasteiger partial charge >= 0.3 is 11.9 Å². The number of halogens is 3. The van der Waals surface area contributed by atoms with E-state index in [1.165, 1.54) is 4.72 Å². The molecule has 13 heteroatoms. The van der Waals surface area contributed by atoms with E-state index in [9.17, 15) is 31.7 Å². The van der Waals surface area contributed by atoms with E-state index in [4.69, 9.17) is 5.84 Å². The number of nitrogen functional groups attached to an aromatic ring is 1. The molecule has 108 valence electrons. The number of rotatable bonds is 5. The van der Waals surface area contributed by atoms with E-state index in [2.05, 4.69) is 0 Å². The molecule has 0 saturated heterocycles. The molecule has 0 radical (unpaired) electrons. The first-order valence-electron chi connectivity index (χ1n) is 4.38. The molecule has 0 fully saturated rings. The molecule has 0 atom stereocenters. The number of nitrogens with two attached hydrogens (primary N) is 1. The number of thiophene rings is 1. The predicted molar refractivity (Wildman–Crippen MR) is 60.0 cm³/mol. The first-order valence-corrected chi connectivity index (χ1v) is 6.68. The Morgan fingerprint density at radius 2 is 2.05 bits per heavy atom. The van der Waals surface area contributed by atoms with Crippen LogP contribution in [0, 0.1) is 10.1 Å². The molecular weight excluding hydrogens is 313 g/mol. The standard InChI is InChI=1S/C6H7F3N4O4S2/c7-6(8,9)2-11-19(16,17)4-1-3(13(14)15)5(12-10)18-4/h1,11-12H,2,10H2. The van der Waals surface area contributed by atoms with Crippen LogP contribution < -0.4 is 16.0 Å². The third-order valence-electron chi connectivity index (χ3n) is 1.75. The highest BCUT2D eigenvalue weighted by Crippen LogP contribution is 2.36. The zero-order valence-electron chi connectivity index (χ0n) is 8.89. The predicted octanol–water partition coefficient (Wildman–Crippen LogP) is 0.783. The van der Waals surface area contributed by atoms with Crippen molar-refractivity contribution in [1.29, 1.82) is 0 Å². The highest BCUT2D eigenvalue weighted by atomic mass is 32.2. The fraction of sp³-hybridized carbons (Fsp3) is 0.333. The average molecular weight is 320 g/mol. The van der Waals surface area contributed by atoms with E-state index in [1.54, 1.807) is 0 Å². The summed E-state index contributed by atoms with van der Waals surface area (Å²) in [7, 11) is -4.49. The second-order valence-corrected chi connectivity index (χ2v) is 6.17. The van der Waals surface area contributed by atoms with Crippen molar-refractivity contribution in [3.05, 3.63) is 16.2 Å². The minimum atomic E-state index is -4.73. The quantitative estimate of drug-likeness (QED) is 0.418. The number of sulfonamides is 1. The smallest absolute Gasteiger partial charge is 0.310 e. The maximum Gasteiger partial charge on any atom is 0.402 e. The molecule has 8 nitrogen and oxygen atoms in total. The van der Waals surface area contributed by atoms with Crippen LogP contribution in [0.4, 0.5) is 23.9 Å². The van der Waals surface area contributed by atoms with Crippen molar-refractivity contribution < 1.29 is 26.5 Å². The Morgan fingerprint density at radius 3 is 2.42 bits per heavy atom. The summed E-state index contributed by atoms with van der Waals surface area (Å²) < 4.78 is 59.4. The highest BCUT2D eigenvalue weighted by Gasteiger charge is 2.32. The van der Waals surface area contributed by atoms with E-state index in [0.717, 1.165) is 0 Å². The van der Waals surface area contributed by atoms with Gasteiger partial charge in [-0.05, 0) is 0 Å². The molecule has 0 aromatic carbocycles. The Kier molecular flexibility index (Phi) is 4.34. The Balaban J connectivity index is 3.06. The van der Waals surface area contributed by atoms with Crippen molar-refractivity contribution in [1.82, 2.24) is 4.72 Å². The first kappa shape index (κ1) is 15.6. The van der Waals surface area contributed by atoms with Crippen molar-refractivity contribution in [2.75, 3.05) is 12.0 Å². The number of nitrogens with one attached hydrogen (secondary N) is 2. The fourth-order valence-electron chi connectivity index (χ4n) is 0.979. The molecule has 0 aliphatic carbocycles. The minimum absolute atomic E-state index is 0.280. The SMILES string of the molecule is NNc1sc(S(=O)(=O)NCC(F)(F)F)cc1[N+](=O)[O-]. The molecule has 0 bridgehead atoms. The summed E-state index contributed by atoms with van der Waals surface area (Å²) >= 11 is 0.350. The van der Waals surface area contributed by atoms with Gasteiger partial charge in [-0.2, -0.15) is 13.2 Å². The van der Waals surface area contributed by atoms with Crippen LogP contribution in [0.2, 0.25) is 0 Å². The van der Waals surface area contributed by atoms with Crippen LogP contribution in [0.25, 0.3) is 0 Å². The van der Waals surface area contributed by atoms with Crippen molar-refractivity contribution >= 4 is 32.0 Å². The maximum absolute atomic E-state index is 11.9. The lowest BCUT2D eigenvalue weighted by Crippen LogP contribution is -2.33. The number of anilines is 1. The fourth-order valence-corrected chi connectivity index (χ4v) is 3.28. The van der Waals surface area contributed by atoms with Crippen molar-refractivity contribution in [3.8, 4) is 0 Å². The largest absolute Gasteiger partial charge is 0.402 e. The molecule has 0 unspecified atom stereocenters. The highest BCUT2D eigenvalue weighted by molar-refractivity contribution is 7.91. The van der Waals surface area contributed by atoms with Gasteiger partial charge in [0.25, 0.3) is 10.0 Å². The molecular formula is C6H7F3N4O4S2. The average Bonchev–Trinajstić information content (AvgIpc) is 2.70. The van der Waals surface area contributed by atoms with Gasteiger partial charge in [-0.3, -0.25) is 10.1 Å². The third kappa shape index (κ3) is 4.02. The summed E-state index contributed by atoms with van der Waals surface area (Å²) in [6.07, 6.45) is -4.73. The van der Waals surface area contributed by atoms with Crippen LogP contribution in [-0.2, 0) is 10.0 Å². The lowest BCUT2D eigenvalue weighted by molar-refractivity contribution is -0.383. The second kappa shape index (κ2) is 5.28. The third-order valence-corrected chi connectivity index (χ3v) is 4.68. The molecule has 19 heavy (non-hydrogen) atoms. The first-order chi connectivity index (χ1) is 8.57. The normalized spacial score (nSPS) is 12.4. The zero-order chi connectivity index (χ0) is 14.8. The van der Waals surface area contributed by atoms with E-state index >= 15 is 0 Å². The van der Waals surface area contributed by atoms with E-state index in [1.807, 2.05) is 5.43 Å². The molecule has 4 N–H and O–H groups in total. The van der Waals surface area contributed by atoms with E-state index < -0.39 is 37.6 Å². The van der Waals surface area contributed by atoms with Crippen molar-refractivity contribution in [2.24, 2.45) is 5.84 Å². The van der Waals surface area contributed by atoms with E-state index in [0.29, 0.717) is 17.4 Å². The summed E-state index contributed by atoms with van der Waals surface area (Å²) in [5, 5.41) is 10.3. The second-order valence-electron chi connectivity index (χ2n) is 3.12. The molecule has 0 saturated carbocycles. The minimum Gasteiger partial charge on any atom is -0.310 e. The van der Waals surface area contributed by atoms with Crippen LogP contribution in [-0.4, -0.2) is 26.1 Å². The molecule has 1 aromatic heterocycles. The van der Waals surface area contributed by atoms with Gasteiger partial charge < -0.3 is 5.43 Å². The number of hydrogen-bond donors (Lipinski definition) is 3. The van der Waals surface area contributed by atoms with Gasteiger partial charge in [0.05, 0.1) is 4.92 Å². The van der Waals surface area contributed by atoms with Gasteiger partial charge in [0.1, 0.15) is 10.8 Å². The number of nitro groups is 1. The van der Waals surface area contributed by atoms with Gasteiger partial charge in [-0.25, -0.2) is 19.0 Å². The summed E-state index contributed by atoms with van der Waals surface area (Å²) in [6.45, 7) is -1.77. The maximum atomic E-state index is 11.9. The van der Waals surface area contributed by atoms with Crippen LogP contribution in [0.3, 0.4) is 0 Å². The Bertz CT molecular complexity index is 582. The topological polar surface area (TPSA) is 127 Å². The van der Waals surface area contributed by atoms with Crippen LogP contribution in [0.5, 0.6) is 0 Å². The molecule has 0 amide bonds. The molecule has 1 heterocycles. The lowest BCUT2D eigenvalue weighted by atomic mass is 10.5. The molecule has 0 aliphatic rings. The lowest BCUT2D eigenvalue weighted by Gasteiger charge is -2.07. The molecule has 1 rings (SSSR count). The van der Waals surface area contributed by atoms with Crippen LogP contribution in [0.1, 0.15) is 0 Å². The van der Waals surface area contributed by atoms with E-state index in [-0.39, 0.29) is 5.00 Å². The summed E-state index contributed by atoms with van der Waals surface area (Å²) in [5.41, 5.74) is 1.27. The number of hydrogen-bond acceptors (Lipinski definition) is 7. The Morgan fingerprint density at radius 1 is 1.47 bits per heavy atom. The van der Waals surface area contributed by atoms with Gasteiger partial charge in [-0.15, -0.1) is 0 Å². The summed E-state index contributed by atoms with van der Waals surface area (Å²) in [4.78, 5) is 9.65. The molecule has 0 aliphatic heterocycles. The summed E-state index contributed by atoms with van der Waals surface area (Å²) in [5.74, 6) is 4.95.